The molecule has 0 spiro atoms. The van der Waals surface area contributed by atoms with Crippen molar-refractivity contribution in [1.29, 1.82) is 0 Å². The molecule has 5 heteroatoms. The minimum absolute atomic E-state index is 0.0935. The molecule has 0 aromatic carbocycles. The Labute approximate surface area is 109 Å². The van der Waals surface area contributed by atoms with Crippen LogP contribution in [0, 0.1) is 19.8 Å². The number of aromatic nitrogens is 1. The Bertz CT molecular complexity index is 596. The second kappa shape index (κ2) is 4.24. The number of hydrogen-bond acceptors (Lipinski definition) is 4. The highest BCUT2D eigenvalue weighted by Crippen LogP contribution is 2.32. The van der Waals surface area contributed by atoms with Gasteiger partial charge in [0.25, 0.3) is 0 Å². The Morgan fingerprint density at radius 1 is 1.50 bits per heavy atom. The van der Waals surface area contributed by atoms with E-state index in [1.54, 1.807) is 0 Å². The van der Waals surface area contributed by atoms with E-state index in [1.165, 1.54) is 11.3 Å². The van der Waals surface area contributed by atoms with Crippen LogP contribution in [0.1, 0.15) is 24.4 Å². The van der Waals surface area contributed by atoms with Gasteiger partial charge in [-0.05, 0) is 32.8 Å². The van der Waals surface area contributed by atoms with Gasteiger partial charge in [-0.1, -0.05) is 0 Å². The average molecular weight is 262 g/mol. The lowest BCUT2D eigenvalue weighted by atomic mass is 10.2. The van der Waals surface area contributed by atoms with Crippen LogP contribution in [0.15, 0.2) is 15.9 Å². The van der Waals surface area contributed by atoms with Crippen LogP contribution in [-0.4, -0.2) is 10.9 Å². The third kappa shape index (κ3) is 2.18. The van der Waals surface area contributed by atoms with Crippen LogP contribution in [0.2, 0.25) is 0 Å². The molecule has 94 valence electrons. The zero-order valence-electron chi connectivity index (χ0n) is 10.3. The number of furan rings is 1. The van der Waals surface area contributed by atoms with Crippen molar-refractivity contribution in [1.82, 2.24) is 4.98 Å². The summed E-state index contributed by atoms with van der Waals surface area (Å²) in [5, 5.41) is 5.47. The number of aryl methyl sites for hydroxylation is 2. The van der Waals surface area contributed by atoms with Gasteiger partial charge in [-0.3, -0.25) is 4.79 Å². The fraction of sp³-hybridized carbons (Fsp3) is 0.385. The highest BCUT2D eigenvalue weighted by molar-refractivity contribution is 7.14. The van der Waals surface area contributed by atoms with Crippen molar-refractivity contribution in [3.8, 4) is 11.3 Å². The zero-order chi connectivity index (χ0) is 12.7. The van der Waals surface area contributed by atoms with E-state index in [9.17, 15) is 4.79 Å². The summed E-state index contributed by atoms with van der Waals surface area (Å²) in [7, 11) is 0. The Balaban J connectivity index is 1.80. The highest BCUT2D eigenvalue weighted by atomic mass is 32.1. The first-order valence-electron chi connectivity index (χ1n) is 5.97. The Morgan fingerprint density at radius 2 is 2.28 bits per heavy atom. The molecule has 3 rings (SSSR count). The van der Waals surface area contributed by atoms with Gasteiger partial charge in [-0.25, -0.2) is 4.98 Å². The number of anilines is 1. The maximum atomic E-state index is 11.6. The molecule has 1 N–H and O–H groups in total. The van der Waals surface area contributed by atoms with Crippen LogP contribution < -0.4 is 5.32 Å². The molecule has 2 heterocycles. The molecule has 18 heavy (non-hydrogen) atoms. The van der Waals surface area contributed by atoms with Gasteiger partial charge in [0.2, 0.25) is 5.91 Å². The standard InChI is InChI=1S/C13H14N2O2S/c1-7-5-10(8(2)17-7)11-6-18-13(14-11)15-12(16)9-3-4-9/h5-6,9H,3-4H2,1-2H3,(H,14,15,16). The molecular weight excluding hydrogens is 248 g/mol. The van der Waals surface area contributed by atoms with Crippen molar-refractivity contribution in [3.63, 3.8) is 0 Å². The summed E-state index contributed by atoms with van der Waals surface area (Å²) >= 11 is 1.45. The molecule has 0 radical (unpaired) electrons. The summed E-state index contributed by atoms with van der Waals surface area (Å²) in [5.41, 5.74) is 1.86. The second-order valence-corrected chi connectivity index (χ2v) is 5.49. The van der Waals surface area contributed by atoms with Crippen LogP contribution in [-0.2, 0) is 4.79 Å². The SMILES string of the molecule is Cc1cc(-c2csc(NC(=O)C3CC3)n2)c(C)o1. The zero-order valence-corrected chi connectivity index (χ0v) is 11.1. The monoisotopic (exact) mass is 262 g/mol. The number of nitrogens with zero attached hydrogens (tertiary/aromatic N) is 1. The van der Waals surface area contributed by atoms with Gasteiger partial charge in [-0.2, -0.15) is 0 Å². The van der Waals surface area contributed by atoms with Crippen molar-refractivity contribution >= 4 is 22.4 Å². The van der Waals surface area contributed by atoms with E-state index >= 15 is 0 Å². The van der Waals surface area contributed by atoms with Gasteiger partial charge in [0.05, 0.1) is 5.69 Å². The van der Waals surface area contributed by atoms with Gasteiger partial charge < -0.3 is 9.73 Å². The first-order chi connectivity index (χ1) is 8.63. The molecule has 4 nitrogen and oxygen atoms in total. The van der Waals surface area contributed by atoms with Crippen molar-refractivity contribution < 1.29 is 9.21 Å². The van der Waals surface area contributed by atoms with E-state index in [0.717, 1.165) is 35.6 Å². The Morgan fingerprint density at radius 3 is 2.89 bits per heavy atom. The highest BCUT2D eigenvalue weighted by Gasteiger charge is 2.30. The fourth-order valence-electron chi connectivity index (χ4n) is 1.89. The van der Waals surface area contributed by atoms with Crippen molar-refractivity contribution in [2.45, 2.75) is 26.7 Å². The minimum Gasteiger partial charge on any atom is -0.466 e. The largest absolute Gasteiger partial charge is 0.466 e. The molecule has 0 bridgehead atoms. The number of carbonyl (C=O) groups excluding carboxylic acids is 1. The molecule has 1 aliphatic carbocycles. The Hall–Kier alpha value is -1.62. The van der Waals surface area contributed by atoms with E-state index < -0.39 is 0 Å². The van der Waals surface area contributed by atoms with E-state index in [-0.39, 0.29) is 11.8 Å². The summed E-state index contributed by atoms with van der Waals surface area (Å²) < 4.78 is 5.48. The normalized spacial score (nSPS) is 14.8. The van der Waals surface area contributed by atoms with E-state index in [2.05, 4.69) is 10.3 Å². The van der Waals surface area contributed by atoms with E-state index in [1.807, 2.05) is 25.3 Å². The van der Waals surface area contributed by atoms with Gasteiger partial charge in [0.1, 0.15) is 11.5 Å². The molecule has 0 unspecified atom stereocenters. The summed E-state index contributed by atoms with van der Waals surface area (Å²) in [6.45, 7) is 3.84. The third-order valence-electron chi connectivity index (χ3n) is 3.00. The van der Waals surface area contributed by atoms with Crippen molar-refractivity contribution in [2.75, 3.05) is 5.32 Å². The predicted molar refractivity (Wildman–Crippen MR) is 70.6 cm³/mol. The summed E-state index contributed by atoms with van der Waals surface area (Å²) in [5.74, 6) is 2.03. The molecule has 1 saturated carbocycles. The first kappa shape index (κ1) is 11.5. The maximum absolute atomic E-state index is 11.6. The summed E-state index contributed by atoms with van der Waals surface area (Å²) in [6, 6.07) is 1.97. The summed E-state index contributed by atoms with van der Waals surface area (Å²) in [6.07, 6.45) is 2.01. The quantitative estimate of drug-likeness (QED) is 0.922. The number of hydrogen-bond donors (Lipinski definition) is 1. The van der Waals surface area contributed by atoms with Crippen molar-refractivity contribution in [3.05, 3.63) is 23.0 Å². The van der Waals surface area contributed by atoms with Crippen LogP contribution in [0.25, 0.3) is 11.3 Å². The number of amides is 1. The molecule has 0 aliphatic heterocycles. The Kier molecular flexibility index (Phi) is 2.70. The number of thiazole rings is 1. The van der Waals surface area contributed by atoms with Gasteiger partial charge in [0.15, 0.2) is 5.13 Å². The van der Waals surface area contributed by atoms with Crippen LogP contribution in [0.3, 0.4) is 0 Å². The molecular formula is C13H14N2O2S. The number of carbonyl (C=O) groups is 1. The topological polar surface area (TPSA) is 55.1 Å². The van der Waals surface area contributed by atoms with Crippen LogP contribution in [0.4, 0.5) is 5.13 Å². The molecule has 1 fully saturated rings. The lowest BCUT2D eigenvalue weighted by Gasteiger charge is -1.97. The molecule has 1 amide bonds. The fourth-order valence-corrected chi connectivity index (χ4v) is 2.61. The minimum atomic E-state index is 0.0935. The second-order valence-electron chi connectivity index (χ2n) is 4.63. The van der Waals surface area contributed by atoms with Gasteiger partial charge in [0, 0.05) is 16.9 Å². The summed E-state index contributed by atoms with van der Waals surface area (Å²) in [4.78, 5) is 16.1. The van der Waals surface area contributed by atoms with Gasteiger partial charge in [-0.15, -0.1) is 11.3 Å². The smallest absolute Gasteiger partial charge is 0.229 e. The predicted octanol–water partition coefficient (Wildman–Crippen LogP) is 3.37. The lowest BCUT2D eigenvalue weighted by molar-refractivity contribution is -0.117. The molecule has 0 saturated heterocycles. The van der Waals surface area contributed by atoms with E-state index in [4.69, 9.17) is 4.42 Å². The number of nitrogens with one attached hydrogen (secondary N) is 1. The average Bonchev–Trinajstić information content (AvgIpc) is 2.99. The van der Waals surface area contributed by atoms with E-state index in [0.29, 0.717) is 5.13 Å². The van der Waals surface area contributed by atoms with Crippen LogP contribution >= 0.6 is 11.3 Å². The molecule has 1 aliphatic rings. The van der Waals surface area contributed by atoms with Crippen molar-refractivity contribution in [2.24, 2.45) is 5.92 Å². The lowest BCUT2D eigenvalue weighted by Crippen LogP contribution is -2.12. The van der Waals surface area contributed by atoms with Gasteiger partial charge >= 0.3 is 0 Å². The first-order valence-corrected chi connectivity index (χ1v) is 6.85. The molecule has 2 aromatic rings. The molecule has 0 atom stereocenters. The van der Waals surface area contributed by atoms with Crippen LogP contribution in [0.5, 0.6) is 0 Å². The number of rotatable bonds is 3. The maximum Gasteiger partial charge on any atom is 0.229 e. The molecule has 2 aromatic heterocycles. The third-order valence-corrected chi connectivity index (χ3v) is 3.76.